The normalized spacial score (nSPS) is 22.2. The monoisotopic (exact) mass is 283 g/mol. The maximum atomic E-state index is 6.04. The fourth-order valence-corrected chi connectivity index (χ4v) is 2.74. The van der Waals surface area contributed by atoms with Gasteiger partial charge in [0.2, 0.25) is 0 Å². The molecule has 19 heavy (non-hydrogen) atoms. The Morgan fingerprint density at radius 2 is 2.26 bits per heavy atom. The second kappa shape index (κ2) is 6.12. The number of rotatable bonds is 4. The highest BCUT2D eigenvalue weighted by atomic mass is 35.5. The molecule has 1 aliphatic heterocycles. The lowest BCUT2D eigenvalue weighted by molar-refractivity contribution is -0.0630. The van der Waals surface area contributed by atoms with Gasteiger partial charge in [-0.15, -0.1) is 0 Å². The summed E-state index contributed by atoms with van der Waals surface area (Å²) in [6, 6.07) is 6.19. The van der Waals surface area contributed by atoms with E-state index >= 15 is 0 Å². The fraction of sp³-hybridized carbons (Fsp3) is 0.600. The van der Waals surface area contributed by atoms with Crippen LogP contribution in [-0.4, -0.2) is 25.4 Å². The second-order valence-corrected chi connectivity index (χ2v) is 6.07. The molecule has 0 amide bonds. The molecule has 1 saturated heterocycles. The number of methoxy groups -OCH3 is 1. The molecule has 2 rings (SSSR count). The predicted molar refractivity (Wildman–Crippen MR) is 77.9 cm³/mol. The van der Waals surface area contributed by atoms with Crippen LogP contribution in [0.3, 0.4) is 0 Å². The quantitative estimate of drug-likeness (QED) is 0.919. The van der Waals surface area contributed by atoms with Crippen molar-refractivity contribution in [3.63, 3.8) is 0 Å². The summed E-state index contributed by atoms with van der Waals surface area (Å²) in [5, 5.41) is 4.32. The summed E-state index contributed by atoms with van der Waals surface area (Å²) in [7, 11) is 1.68. The summed E-state index contributed by atoms with van der Waals surface area (Å²) in [6.07, 6.45) is 2.07. The molecule has 1 aliphatic rings. The lowest BCUT2D eigenvalue weighted by Gasteiger charge is -2.36. The first-order valence-electron chi connectivity index (χ1n) is 6.70. The van der Waals surface area contributed by atoms with Crippen LogP contribution >= 0.6 is 11.6 Å². The van der Waals surface area contributed by atoms with Crippen LogP contribution in [0, 0.1) is 0 Å². The van der Waals surface area contributed by atoms with E-state index in [1.807, 2.05) is 18.2 Å². The van der Waals surface area contributed by atoms with Crippen LogP contribution in [0.25, 0.3) is 0 Å². The molecule has 106 valence electrons. The van der Waals surface area contributed by atoms with Gasteiger partial charge in [-0.05, 0) is 44.9 Å². The Morgan fingerprint density at radius 1 is 1.47 bits per heavy atom. The number of benzene rings is 1. The number of halogens is 1. The second-order valence-electron chi connectivity index (χ2n) is 5.63. The van der Waals surface area contributed by atoms with Crippen LogP contribution in [0.4, 0.5) is 0 Å². The van der Waals surface area contributed by atoms with Crippen molar-refractivity contribution in [1.29, 1.82) is 0 Å². The first-order chi connectivity index (χ1) is 9.00. The molecule has 4 heteroatoms. The van der Waals surface area contributed by atoms with Crippen LogP contribution in [0.5, 0.6) is 5.75 Å². The zero-order chi connectivity index (χ0) is 13.9. The standard InChI is InChI=1S/C15H22ClNO2/c1-15(2)9-13(6-7-19-15)17-10-11-8-12(16)4-5-14(11)18-3/h4-5,8,13,17H,6-7,9-10H2,1-3H3. The Bertz CT molecular complexity index is 434. The molecule has 1 atom stereocenters. The SMILES string of the molecule is COc1ccc(Cl)cc1CNC1CCOC(C)(C)C1. The Hall–Kier alpha value is -0.770. The van der Waals surface area contributed by atoms with Gasteiger partial charge in [-0.25, -0.2) is 0 Å². The van der Waals surface area contributed by atoms with Crippen molar-refractivity contribution in [2.24, 2.45) is 0 Å². The molecule has 1 aromatic rings. The number of nitrogens with one attached hydrogen (secondary N) is 1. The first-order valence-corrected chi connectivity index (χ1v) is 7.08. The summed E-state index contributed by atoms with van der Waals surface area (Å²) < 4.78 is 11.1. The van der Waals surface area contributed by atoms with E-state index in [0.29, 0.717) is 6.04 Å². The van der Waals surface area contributed by atoms with Gasteiger partial charge in [0.05, 0.1) is 12.7 Å². The van der Waals surface area contributed by atoms with Gasteiger partial charge in [-0.1, -0.05) is 11.6 Å². The van der Waals surface area contributed by atoms with Crippen molar-refractivity contribution in [2.75, 3.05) is 13.7 Å². The van der Waals surface area contributed by atoms with Crippen molar-refractivity contribution < 1.29 is 9.47 Å². The van der Waals surface area contributed by atoms with Gasteiger partial charge in [0, 0.05) is 29.8 Å². The lowest BCUT2D eigenvalue weighted by Crippen LogP contribution is -2.43. The van der Waals surface area contributed by atoms with Crippen molar-refractivity contribution in [2.45, 2.75) is 44.9 Å². The van der Waals surface area contributed by atoms with Crippen LogP contribution in [0.1, 0.15) is 32.3 Å². The maximum Gasteiger partial charge on any atom is 0.123 e. The van der Waals surface area contributed by atoms with Crippen LogP contribution in [0.2, 0.25) is 5.02 Å². The fourth-order valence-electron chi connectivity index (χ4n) is 2.55. The third-order valence-corrected chi connectivity index (χ3v) is 3.76. The summed E-state index contributed by atoms with van der Waals surface area (Å²) in [5.74, 6) is 0.878. The average Bonchev–Trinajstić information content (AvgIpc) is 2.35. The molecule has 0 bridgehead atoms. The van der Waals surface area contributed by atoms with E-state index in [-0.39, 0.29) is 5.60 Å². The minimum absolute atomic E-state index is 0.0334. The Balaban J connectivity index is 1.96. The molecular weight excluding hydrogens is 262 g/mol. The van der Waals surface area contributed by atoms with Gasteiger partial charge >= 0.3 is 0 Å². The number of hydrogen-bond acceptors (Lipinski definition) is 3. The third kappa shape index (κ3) is 4.10. The van der Waals surface area contributed by atoms with E-state index < -0.39 is 0 Å². The maximum absolute atomic E-state index is 6.04. The zero-order valence-electron chi connectivity index (χ0n) is 11.8. The third-order valence-electron chi connectivity index (χ3n) is 3.52. The van der Waals surface area contributed by atoms with Gasteiger partial charge in [0.25, 0.3) is 0 Å². The summed E-state index contributed by atoms with van der Waals surface area (Å²) in [4.78, 5) is 0. The molecule has 1 fully saturated rings. The predicted octanol–water partition coefficient (Wildman–Crippen LogP) is 3.40. The molecule has 0 aliphatic carbocycles. The average molecular weight is 284 g/mol. The number of hydrogen-bond donors (Lipinski definition) is 1. The van der Waals surface area contributed by atoms with E-state index in [2.05, 4.69) is 19.2 Å². The van der Waals surface area contributed by atoms with Gasteiger partial charge in [0.15, 0.2) is 0 Å². The Labute approximate surface area is 120 Å². The highest BCUT2D eigenvalue weighted by molar-refractivity contribution is 6.30. The molecule has 1 unspecified atom stereocenters. The topological polar surface area (TPSA) is 30.5 Å². The molecule has 1 heterocycles. The van der Waals surface area contributed by atoms with Gasteiger partial charge in [-0.3, -0.25) is 0 Å². The highest BCUT2D eigenvalue weighted by Crippen LogP contribution is 2.26. The molecular formula is C15H22ClNO2. The smallest absolute Gasteiger partial charge is 0.123 e. The van der Waals surface area contributed by atoms with Crippen LogP contribution < -0.4 is 10.1 Å². The van der Waals surface area contributed by atoms with Crippen molar-refractivity contribution in [3.8, 4) is 5.75 Å². The molecule has 1 N–H and O–H groups in total. The molecule has 0 radical (unpaired) electrons. The summed E-state index contributed by atoms with van der Waals surface area (Å²) >= 11 is 6.04. The van der Waals surface area contributed by atoms with Crippen LogP contribution in [0.15, 0.2) is 18.2 Å². The van der Waals surface area contributed by atoms with Crippen molar-refractivity contribution in [3.05, 3.63) is 28.8 Å². The molecule has 0 aromatic heterocycles. The van der Waals surface area contributed by atoms with E-state index in [9.17, 15) is 0 Å². The molecule has 0 saturated carbocycles. The van der Waals surface area contributed by atoms with Crippen molar-refractivity contribution in [1.82, 2.24) is 5.32 Å². The Kier molecular flexibility index (Phi) is 4.71. The van der Waals surface area contributed by atoms with E-state index in [1.165, 1.54) is 0 Å². The lowest BCUT2D eigenvalue weighted by atomic mass is 9.94. The van der Waals surface area contributed by atoms with E-state index in [1.54, 1.807) is 7.11 Å². The van der Waals surface area contributed by atoms with Gasteiger partial charge in [0.1, 0.15) is 5.75 Å². The zero-order valence-corrected chi connectivity index (χ0v) is 12.6. The van der Waals surface area contributed by atoms with Crippen LogP contribution in [-0.2, 0) is 11.3 Å². The largest absolute Gasteiger partial charge is 0.496 e. The van der Waals surface area contributed by atoms with Gasteiger partial charge in [-0.2, -0.15) is 0 Å². The van der Waals surface area contributed by atoms with E-state index in [4.69, 9.17) is 21.1 Å². The summed E-state index contributed by atoms with van der Waals surface area (Å²) in [6.45, 7) is 5.86. The first kappa shape index (κ1) is 14.6. The molecule has 3 nitrogen and oxygen atoms in total. The highest BCUT2D eigenvalue weighted by Gasteiger charge is 2.28. The van der Waals surface area contributed by atoms with E-state index in [0.717, 1.165) is 42.3 Å². The van der Waals surface area contributed by atoms with Gasteiger partial charge < -0.3 is 14.8 Å². The minimum Gasteiger partial charge on any atom is -0.496 e. The molecule has 1 aromatic carbocycles. The Morgan fingerprint density at radius 3 is 2.95 bits per heavy atom. The van der Waals surface area contributed by atoms with Crippen molar-refractivity contribution >= 4 is 11.6 Å². The molecule has 0 spiro atoms. The number of ether oxygens (including phenoxy) is 2. The minimum atomic E-state index is -0.0334. The summed E-state index contributed by atoms with van der Waals surface area (Å²) in [5.41, 5.74) is 1.06.